The molecule has 4 aliphatic rings. The van der Waals surface area contributed by atoms with E-state index < -0.39 is 0 Å². The van der Waals surface area contributed by atoms with E-state index in [0.717, 1.165) is 24.2 Å². The first-order chi connectivity index (χ1) is 13.7. The fourth-order valence-electron chi connectivity index (χ4n) is 8.25. The van der Waals surface area contributed by atoms with Crippen molar-refractivity contribution in [2.24, 2.45) is 46.3 Å². The molecule has 162 valence electrons. The molecule has 4 rings (SSSR count). The van der Waals surface area contributed by atoms with Crippen molar-refractivity contribution in [2.45, 2.75) is 98.8 Å². The lowest BCUT2D eigenvalue weighted by Gasteiger charge is -2.57. The van der Waals surface area contributed by atoms with Crippen molar-refractivity contribution in [2.75, 3.05) is 0 Å². The van der Waals surface area contributed by atoms with Crippen LogP contribution in [0.3, 0.4) is 0 Å². The molecule has 0 heterocycles. The van der Waals surface area contributed by atoms with Crippen molar-refractivity contribution in [3.8, 4) is 0 Å². The van der Waals surface area contributed by atoms with Gasteiger partial charge in [0, 0.05) is 18.8 Å². The zero-order valence-corrected chi connectivity index (χ0v) is 19.4. The van der Waals surface area contributed by atoms with Crippen molar-refractivity contribution in [3.05, 3.63) is 11.6 Å². The minimum Gasteiger partial charge on any atom is -0.299 e. The molecule has 2 heteroatoms. The van der Waals surface area contributed by atoms with Crippen molar-refractivity contribution in [1.29, 1.82) is 0 Å². The third kappa shape index (κ3) is 3.47. The standard InChI is InChI=1S/C27H42O2/c1-17(2)7-6-8-18(3)21-9-10-22-25-23(12-14-27(21,22)5)26(4)13-11-20(28)15-19(26)16-24(25)29/h16-18,21-23,25H,6-15H2,1-5H3/t18-,21-,22?,23?,25?,26+,27-/m1/s1. The molecule has 7 atom stereocenters. The van der Waals surface area contributed by atoms with E-state index in [1.165, 1.54) is 50.5 Å². The Morgan fingerprint density at radius 3 is 2.48 bits per heavy atom. The maximum absolute atomic E-state index is 13.4. The van der Waals surface area contributed by atoms with Crippen LogP contribution in [0.5, 0.6) is 0 Å². The van der Waals surface area contributed by atoms with Crippen molar-refractivity contribution < 1.29 is 9.59 Å². The maximum Gasteiger partial charge on any atom is 0.159 e. The molecule has 0 aromatic rings. The lowest BCUT2D eigenvalue weighted by atomic mass is 9.46. The molecule has 0 bridgehead atoms. The number of carbonyl (C=O) groups is 2. The van der Waals surface area contributed by atoms with Gasteiger partial charge in [0.05, 0.1) is 0 Å². The lowest BCUT2D eigenvalue weighted by Crippen LogP contribution is -2.53. The zero-order valence-electron chi connectivity index (χ0n) is 19.4. The Morgan fingerprint density at radius 1 is 1.00 bits per heavy atom. The number of carbonyl (C=O) groups excluding carboxylic acids is 2. The average Bonchev–Trinajstić information content (AvgIpc) is 3.00. The largest absolute Gasteiger partial charge is 0.299 e. The van der Waals surface area contributed by atoms with Gasteiger partial charge in [-0.05, 0) is 78.6 Å². The average molecular weight is 399 g/mol. The van der Waals surface area contributed by atoms with Gasteiger partial charge in [-0.3, -0.25) is 9.59 Å². The first kappa shape index (κ1) is 21.3. The molecule has 3 fully saturated rings. The molecule has 0 saturated heterocycles. The Bertz CT molecular complexity index is 703. The number of ketones is 2. The van der Waals surface area contributed by atoms with E-state index in [0.29, 0.717) is 41.7 Å². The molecule has 0 aromatic carbocycles. The Kier molecular flexibility index (Phi) is 5.62. The summed E-state index contributed by atoms with van der Waals surface area (Å²) in [4.78, 5) is 25.4. The third-order valence-electron chi connectivity index (χ3n) is 9.98. The van der Waals surface area contributed by atoms with E-state index in [4.69, 9.17) is 0 Å². The quantitative estimate of drug-likeness (QED) is 0.512. The van der Waals surface area contributed by atoms with Crippen LogP contribution in [0.25, 0.3) is 0 Å². The Hall–Kier alpha value is -0.920. The molecule has 0 spiro atoms. The van der Waals surface area contributed by atoms with Gasteiger partial charge in [0.2, 0.25) is 0 Å². The molecular weight excluding hydrogens is 356 g/mol. The molecular formula is C27H42O2. The summed E-state index contributed by atoms with van der Waals surface area (Å²) in [5.41, 5.74) is 1.59. The van der Waals surface area contributed by atoms with Crippen LogP contribution in [0.2, 0.25) is 0 Å². The zero-order chi connectivity index (χ0) is 21.0. The molecule has 0 N–H and O–H groups in total. The second kappa shape index (κ2) is 7.65. The summed E-state index contributed by atoms with van der Waals surface area (Å²) < 4.78 is 0. The van der Waals surface area contributed by atoms with Crippen LogP contribution in [0.15, 0.2) is 11.6 Å². The van der Waals surface area contributed by atoms with Gasteiger partial charge in [-0.2, -0.15) is 0 Å². The Balaban J connectivity index is 1.55. The van der Waals surface area contributed by atoms with Crippen LogP contribution >= 0.6 is 0 Å². The first-order valence-corrected chi connectivity index (χ1v) is 12.4. The summed E-state index contributed by atoms with van der Waals surface area (Å²) in [6.45, 7) is 12.0. The van der Waals surface area contributed by atoms with Crippen LogP contribution < -0.4 is 0 Å². The van der Waals surface area contributed by atoms with Gasteiger partial charge in [-0.25, -0.2) is 0 Å². The van der Waals surface area contributed by atoms with Gasteiger partial charge in [0.25, 0.3) is 0 Å². The van der Waals surface area contributed by atoms with Crippen LogP contribution in [0.4, 0.5) is 0 Å². The highest BCUT2D eigenvalue weighted by Gasteiger charge is 2.61. The summed E-state index contributed by atoms with van der Waals surface area (Å²) in [7, 11) is 0. The van der Waals surface area contributed by atoms with Gasteiger partial charge in [-0.15, -0.1) is 0 Å². The van der Waals surface area contributed by atoms with Crippen molar-refractivity contribution in [1.82, 2.24) is 0 Å². The topological polar surface area (TPSA) is 34.1 Å². The SMILES string of the molecule is CC(C)CCC[C@@H](C)[C@H]1CCC2C3C(=O)C=C4CC(=O)CC[C@]4(C)C3CC[C@@]21C. The number of hydrogen-bond donors (Lipinski definition) is 0. The summed E-state index contributed by atoms with van der Waals surface area (Å²) in [6, 6.07) is 0. The minimum absolute atomic E-state index is 0.0920. The molecule has 0 aromatic heterocycles. The van der Waals surface area contributed by atoms with E-state index in [-0.39, 0.29) is 11.3 Å². The highest BCUT2D eigenvalue weighted by atomic mass is 16.1. The highest BCUT2D eigenvalue weighted by molar-refractivity contribution is 5.96. The fraction of sp³-hybridized carbons (Fsp3) is 0.852. The van der Waals surface area contributed by atoms with E-state index in [2.05, 4.69) is 34.6 Å². The smallest absolute Gasteiger partial charge is 0.159 e. The van der Waals surface area contributed by atoms with Gasteiger partial charge in [0.15, 0.2) is 5.78 Å². The van der Waals surface area contributed by atoms with Gasteiger partial charge in [-0.1, -0.05) is 59.5 Å². The Labute approximate surface area is 178 Å². The van der Waals surface area contributed by atoms with Crippen molar-refractivity contribution >= 4 is 11.6 Å². The van der Waals surface area contributed by atoms with E-state index in [9.17, 15) is 9.59 Å². The molecule has 29 heavy (non-hydrogen) atoms. The maximum atomic E-state index is 13.4. The molecule has 0 radical (unpaired) electrons. The van der Waals surface area contributed by atoms with E-state index in [1.807, 2.05) is 6.08 Å². The lowest BCUT2D eigenvalue weighted by molar-refractivity contribution is -0.135. The number of allylic oxidation sites excluding steroid dienone is 2. The minimum atomic E-state index is 0.0920. The number of Topliss-reactive ketones (excluding diaryl/α,β-unsaturated/α-hetero) is 1. The van der Waals surface area contributed by atoms with E-state index in [1.54, 1.807) is 0 Å². The first-order valence-electron chi connectivity index (χ1n) is 12.4. The summed E-state index contributed by atoms with van der Waals surface area (Å²) in [6.07, 6.45) is 13.2. The van der Waals surface area contributed by atoms with Crippen LogP contribution in [-0.4, -0.2) is 11.6 Å². The molecule has 4 aliphatic carbocycles. The van der Waals surface area contributed by atoms with E-state index >= 15 is 0 Å². The van der Waals surface area contributed by atoms with Crippen molar-refractivity contribution in [3.63, 3.8) is 0 Å². The highest BCUT2D eigenvalue weighted by Crippen LogP contribution is 2.66. The number of rotatable bonds is 5. The third-order valence-corrected chi connectivity index (χ3v) is 9.98. The summed E-state index contributed by atoms with van der Waals surface area (Å²) in [5, 5.41) is 0. The van der Waals surface area contributed by atoms with Crippen LogP contribution in [0.1, 0.15) is 98.8 Å². The van der Waals surface area contributed by atoms with Gasteiger partial charge in [0.1, 0.15) is 5.78 Å². The Morgan fingerprint density at radius 2 is 1.76 bits per heavy atom. The number of hydrogen-bond acceptors (Lipinski definition) is 2. The number of fused-ring (bicyclic) bond motifs is 5. The monoisotopic (exact) mass is 398 g/mol. The van der Waals surface area contributed by atoms with Crippen LogP contribution in [0, 0.1) is 46.3 Å². The fourth-order valence-corrected chi connectivity index (χ4v) is 8.25. The molecule has 2 nitrogen and oxygen atoms in total. The molecule has 3 saturated carbocycles. The second-order valence-corrected chi connectivity index (χ2v) is 12.0. The normalized spacial score (nSPS) is 42.9. The predicted molar refractivity (Wildman–Crippen MR) is 118 cm³/mol. The molecule has 3 unspecified atom stereocenters. The van der Waals surface area contributed by atoms with Gasteiger partial charge < -0.3 is 0 Å². The summed E-state index contributed by atoms with van der Waals surface area (Å²) >= 11 is 0. The molecule has 0 amide bonds. The predicted octanol–water partition coefficient (Wildman–Crippen LogP) is 6.78. The van der Waals surface area contributed by atoms with Gasteiger partial charge >= 0.3 is 0 Å². The second-order valence-electron chi connectivity index (χ2n) is 12.0. The van der Waals surface area contributed by atoms with Crippen LogP contribution in [-0.2, 0) is 9.59 Å². The molecule has 0 aliphatic heterocycles. The summed E-state index contributed by atoms with van der Waals surface area (Å²) in [5.74, 6) is 4.28.